The molecule has 0 radical (unpaired) electrons. The lowest BCUT2D eigenvalue weighted by atomic mass is 10.0. The number of aromatic nitrogens is 2. The molecule has 1 aliphatic heterocycles. The van der Waals surface area contributed by atoms with Gasteiger partial charge in [0.1, 0.15) is 17.6 Å². The Morgan fingerprint density at radius 1 is 1.09 bits per heavy atom. The second-order valence-corrected chi connectivity index (χ2v) is 8.78. The molecular formula is C27H28N4O3. The summed E-state index contributed by atoms with van der Waals surface area (Å²) < 4.78 is 2.16. The standard InChI is InChI=1S/C27H28N4O3/c1-18-29-22-10-4-5-11-23(22)30(18)17-7-15-28-26(33)24-12-6-16-31(24)27(34)21-14-13-19-8-2-3-9-20(19)25(21)32/h2-5,8-11,13-14,24,32H,6-7,12,15-17H2,1H3,(H,28,33). The molecular weight excluding hydrogens is 428 g/mol. The summed E-state index contributed by atoms with van der Waals surface area (Å²) in [6.07, 6.45) is 2.15. The second-order valence-electron chi connectivity index (χ2n) is 8.78. The van der Waals surface area contributed by atoms with Gasteiger partial charge in [0.15, 0.2) is 0 Å². The number of benzene rings is 3. The van der Waals surface area contributed by atoms with Crippen molar-refractivity contribution in [1.82, 2.24) is 19.8 Å². The highest BCUT2D eigenvalue weighted by Crippen LogP contribution is 2.31. The fraction of sp³-hybridized carbons (Fsp3) is 0.296. The van der Waals surface area contributed by atoms with Crippen LogP contribution in [0.15, 0.2) is 60.7 Å². The van der Waals surface area contributed by atoms with E-state index in [0.717, 1.165) is 41.6 Å². The molecule has 0 bridgehead atoms. The largest absolute Gasteiger partial charge is 0.506 e. The van der Waals surface area contributed by atoms with Gasteiger partial charge in [-0.2, -0.15) is 0 Å². The number of aryl methyl sites for hydroxylation is 2. The van der Waals surface area contributed by atoms with Gasteiger partial charge in [0, 0.05) is 25.0 Å². The molecule has 1 atom stereocenters. The summed E-state index contributed by atoms with van der Waals surface area (Å²) >= 11 is 0. The first-order chi connectivity index (χ1) is 16.5. The molecule has 34 heavy (non-hydrogen) atoms. The van der Waals surface area contributed by atoms with Gasteiger partial charge in [-0.1, -0.05) is 42.5 Å². The van der Waals surface area contributed by atoms with Gasteiger partial charge in [-0.25, -0.2) is 4.98 Å². The zero-order valence-electron chi connectivity index (χ0n) is 19.2. The Bertz CT molecular complexity index is 1380. The Hall–Kier alpha value is -3.87. The summed E-state index contributed by atoms with van der Waals surface area (Å²) in [6.45, 7) is 3.77. The summed E-state index contributed by atoms with van der Waals surface area (Å²) in [6, 6.07) is 18.4. The number of aromatic hydroxyl groups is 1. The monoisotopic (exact) mass is 456 g/mol. The van der Waals surface area contributed by atoms with Crippen LogP contribution >= 0.6 is 0 Å². The van der Waals surface area contributed by atoms with E-state index in [2.05, 4.69) is 20.9 Å². The molecule has 5 rings (SSSR count). The number of carbonyl (C=O) groups is 2. The Morgan fingerprint density at radius 3 is 2.76 bits per heavy atom. The van der Waals surface area contributed by atoms with Crippen LogP contribution in [0.1, 0.15) is 35.4 Å². The Morgan fingerprint density at radius 2 is 1.88 bits per heavy atom. The topological polar surface area (TPSA) is 87.5 Å². The van der Waals surface area contributed by atoms with Crippen LogP contribution in [-0.4, -0.2) is 50.5 Å². The van der Waals surface area contributed by atoms with E-state index in [0.29, 0.717) is 24.9 Å². The Kier molecular flexibility index (Phi) is 5.92. The van der Waals surface area contributed by atoms with Crippen molar-refractivity contribution in [1.29, 1.82) is 0 Å². The first-order valence-corrected chi connectivity index (χ1v) is 11.8. The Balaban J connectivity index is 1.22. The molecule has 2 amide bonds. The van der Waals surface area contributed by atoms with E-state index in [1.54, 1.807) is 17.0 Å². The van der Waals surface area contributed by atoms with E-state index < -0.39 is 6.04 Å². The summed E-state index contributed by atoms with van der Waals surface area (Å²) in [5.41, 5.74) is 2.30. The second kappa shape index (κ2) is 9.17. The maximum Gasteiger partial charge on any atom is 0.258 e. The predicted molar refractivity (Wildman–Crippen MR) is 132 cm³/mol. The van der Waals surface area contributed by atoms with Crippen LogP contribution < -0.4 is 5.32 Å². The van der Waals surface area contributed by atoms with Crippen molar-refractivity contribution in [2.75, 3.05) is 13.1 Å². The minimum Gasteiger partial charge on any atom is -0.506 e. The molecule has 1 aromatic heterocycles. The molecule has 0 saturated carbocycles. The van der Waals surface area contributed by atoms with Crippen LogP contribution in [0.2, 0.25) is 0 Å². The minimum atomic E-state index is -0.519. The van der Waals surface area contributed by atoms with Crippen LogP contribution in [0.4, 0.5) is 0 Å². The number of rotatable bonds is 6. The van der Waals surface area contributed by atoms with Crippen molar-refractivity contribution in [2.24, 2.45) is 0 Å². The molecule has 2 N–H and O–H groups in total. The average Bonchev–Trinajstić information content (AvgIpc) is 3.46. The SMILES string of the molecule is Cc1nc2ccccc2n1CCCNC(=O)C1CCCN1C(=O)c1ccc2ccccc2c1O. The molecule has 1 fully saturated rings. The molecule has 1 saturated heterocycles. The van der Waals surface area contributed by atoms with Crippen LogP contribution in [0.5, 0.6) is 5.75 Å². The zero-order valence-corrected chi connectivity index (χ0v) is 19.2. The van der Waals surface area contributed by atoms with Gasteiger partial charge < -0.3 is 19.9 Å². The van der Waals surface area contributed by atoms with Gasteiger partial charge in [0.2, 0.25) is 5.91 Å². The summed E-state index contributed by atoms with van der Waals surface area (Å²) in [7, 11) is 0. The number of para-hydroxylation sites is 2. The van der Waals surface area contributed by atoms with Crippen LogP contribution in [0.25, 0.3) is 21.8 Å². The maximum absolute atomic E-state index is 13.2. The van der Waals surface area contributed by atoms with E-state index in [1.807, 2.05) is 49.4 Å². The van der Waals surface area contributed by atoms with E-state index in [-0.39, 0.29) is 23.1 Å². The third kappa shape index (κ3) is 3.98. The van der Waals surface area contributed by atoms with Gasteiger partial charge in [-0.15, -0.1) is 0 Å². The predicted octanol–water partition coefficient (Wildman–Crippen LogP) is 4.01. The number of carbonyl (C=O) groups excluding carboxylic acids is 2. The van der Waals surface area contributed by atoms with Crippen LogP contribution in [0.3, 0.4) is 0 Å². The first-order valence-electron chi connectivity index (χ1n) is 11.8. The van der Waals surface area contributed by atoms with Gasteiger partial charge >= 0.3 is 0 Å². The molecule has 1 unspecified atom stereocenters. The van der Waals surface area contributed by atoms with Crippen LogP contribution in [0, 0.1) is 6.92 Å². The lowest BCUT2D eigenvalue weighted by Gasteiger charge is -2.24. The third-order valence-electron chi connectivity index (χ3n) is 6.65. The maximum atomic E-state index is 13.2. The van der Waals surface area contributed by atoms with Crippen molar-refractivity contribution in [3.63, 3.8) is 0 Å². The van der Waals surface area contributed by atoms with Gasteiger partial charge in [0.25, 0.3) is 5.91 Å². The quantitative estimate of drug-likeness (QED) is 0.429. The summed E-state index contributed by atoms with van der Waals surface area (Å²) in [5, 5.41) is 15.2. The zero-order chi connectivity index (χ0) is 23.7. The van der Waals surface area contributed by atoms with Crippen molar-refractivity contribution in [2.45, 2.75) is 38.8 Å². The van der Waals surface area contributed by atoms with Gasteiger partial charge in [-0.3, -0.25) is 9.59 Å². The van der Waals surface area contributed by atoms with E-state index in [1.165, 1.54) is 0 Å². The van der Waals surface area contributed by atoms with Crippen molar-refractivity contribution in [3.05, 3.63) is 72.1 Å². The molecule has 4 aromatic rings. The van der Waals surface area contributed by atoms with Crippen LogP contribution in [-0.2, 0) is 11.3 Å². The molecule has 174 valence electrons. The van der Waals surface area contributed by atoms with Gasteiger partial charge in [-0.05, 0) is 49.8 Å². The van der Waals surface area contributed by atoms with E-state index in [4.69, 9.17) is 0 Å². The first kappa shape index (κ1) is 21.9. The molecule has 7 heteroatoms. The van der Waals surface area contributed by atoms with Crippen molar-refractivity contribution < 1.29 is 14.7 Å². The molecule has 3 aromatic carbocycles. The number of hydrogen-bond acceptors (Lipinski definition) is 4. The number of amides is 2. The highest BCUT2D eigenvalue weighted by atomic mass is 16.3. The number of nitrogens with one attached hydrogen (secondary N) is 1. The van der Waals surface area contributed by atoms with E-state index in [9.17, 15) is 14.7 Å². The molecule has 0 aliphatic carbocycles. The van der Waals surface area contributed by atoms with Crippen molar-refractivity contribution >= 4 is 33.6 Å². The number of hydrogen-bond donors (Lipinski definition) is 2. The molecule has 2 heterocycles. The number of likely N-dealkylation sites (tertiary alicyclic amines) is 1. The van der Waals surface area contributed by atoms with E-state index >= 15 is 0 Å². The molecule has 0 spiro atoms. The fourth-order valence-corrected chi connectivity index (χ4v) is 4.91. The number of phenolic OH excluding ortho intramolecular Hbond substituents is 1. The van der Waals surface area contributed by atoms with Gasteiger partial charge in [0.05, 0.1) is 16.6 Å². The number of fused-ring (bicyclic) bond motifs is 2. The average molecular weight is 457 g/mol. The lowest BCUT2D eigenvalue weighted by Crippen LogP contribution is -2.46. The number of phenols is 1. The Labute approximate surface area is 198 Å². The fourth-order valence-electron chi connectivity index (χ4n) is 4.91. The highest BCUT2D eigenvalue weighted by molar-refractivity contribution is 6.05. The number of imidazole rings is 1. The summed E-state index contributed by atoms with van der Waals surface area (Å²) in [4.78, 5) is 32.4. The van der Waals surface area contributed by atoms with Crippen molar-refractivity contribution in [3.8, 4) is 5.75 Å². The minimum absolute atomic E-state index is 0.0305. The molecule has 7 nitrogen and oxygen atoms in total. The highest BCUT2D eigenvalue weighted by Gasteiger charge is 2.35. The normalized spacial score (nSPS) is 15.8. The smallest absolute Gasteiger partial charge is 0.258 e. The molecule has 1 aliphatic rings. The summed E-state index contributed by atoms with van der Waals surface area (Å²) in [5.74, 6) is 0.479. The lowest BCUT2D eigenvalue weighted by molar-refractivity contribution is -0.124. The number of nitrogens with zero attached hydrogens (tertiary/aromatic N) is 3. The third-order valence-corrected chi connectivity index (χ3v) is 6.65.